The van der Waals surface area contributed by atoms with Crippen LogP contribution in [0.4, 0.5) is 0 Å². The zero-order valence-corrected chi connectivity index (χ0v) is 9.40. The number of nitrogens with two attached hydrogens (primary N) is 1. The molecular formula is C12H12N2O3. The molecule has 17 heavy (non-hydrogen) atoms. The first-order valence-corrected chi connectivity index (χ1v) is 5.37. The standard InChI is InChI=1S/C12H12N2O3/c1-7-14-9-3-2-8(4-10(9)17-7)12(11(13)15)5-16-6-12/h2-4H,5-6H2,1H3,(H2,13,15). The molecule has 0 spiro atoms. The Kier molecular flexibility index (Phi) is 2.00. The van der Waals surface area contributed by atoms with E-state index in [2.05, 4.69) is 4.98 Å². The lowest BCUT2D eigenvalue weighted by atomic mass is 9.78. The Balaban J connectivity index is 2.14. The molecule has 1 amide bonds. The Morgan fingerprint density at radius 3 is 2.82 bits per heavy atom. The molecule has 1 saturated heterocycles. The van der Waals surface area contributed by atoms with Crippen LogP contribution in [0, 0.1) is 6.92 Å². The molecule has 1 aromatic heterocycles. The lowest BCUT2D eigenvalue weighted by Gasteiger charge is -2.38. The molecule has 0 unspecified atom stereocenters. The van der Waals surface area contributed by atoms with E-state index < -0.39 is 5.41 Å². The second kappa shape index (κ2) is 3.30. The van der Waals surface area contributed by atoms with Crippen LogP contribution < -0.4 is 5.73 Å². The van der Waals surface area contributed by atoms with Crippen LogP contribution in [0.1, 0.15) is 11.5 Å². The van der Waals surface area contributed by atoms with Gasteiger partial charge in [-0.25, -0.2) is 4.98 Å². The molecule has 0 bridgehead atoms. The first-order valence-electron chi connectivity index (χ1n) is 5.37. The van der Waals surface area contributed by atoms with Crippen molar-refractivity contribution in [1.29, 1.82) is 0 Å². The molecule has 2 N–H and O–H groups in total. The molecule has 0 radical (unpaired) electrons. The highest BCUT2D eigenvalue weighted by atomic mass is 16.5. The van der Waals surface area contributed by atoms with Crippen molar-refractivity contribution in [3.63, 3.8) is 0 Å². The van der Waals surface area contributed by atoms with Crippen molar-refractivity contribution in [3.05, 3.63) is 29.7 Å². The maximum Gasteiger partial charge on any atom is 0.232 e. The van der Waals surface area contributed by atoms with Gasteiger partial charge >= 0.3 is 0 Å². The van der Waals surface area contributed by atoms with Gasteiger partial charge in [-0.1, -0.05) is 6.07 Å². The van der Waals surface area contributed by atoms with Gasteiger partial charge in [0.25, 0.3) is 0 Å². The number of ether oxygens (including phenoxy) is 1. The number of nitrogens with zero attached hydrogens (tertiary/aromatic N) is 1. The number of aromatic nitrogens is 1. The predicted octanol–water partition coefficient (Wildman–Crippen LogP) is 0.890. The van der Waals surface area contributed by atoms with Crippen molar-refractivity contribution in [3.8, 4) is 0 Å². The third kappa shape index (κ3) is 1.36. The van der Waals surface area contributed by atoms with Gasteiger partial charge in [0, 0.05) is 6.92 Å². The van der Waals surface area contributed by atoms with Crippen LogP contribution in [0.25, 0.3) is 11.1 Å². The highest BCUT2D eigenvalue weighted by Crippen LogP contribution is 2.33. The third-order valence-corrected chi connectivity index (χ3v) is 3.22. The van der Waals surface area contributed by atoms with E-state index in [1.807, 2.05) is 18.2 Å². The van der Waals surface area contributed by atoms with Crippen molar-refractivity contribution in [2.75, 3.05) is 13.2 Å². The molecule has 3 rings (SSSR count). The highest BCUT2D eigenvalue weighted by molar-refractivity contribution is 5.89. The van der Waals surface area contributed by atoms with E-state index in [1.165, 1.54) is 0 Å². The van der Waals surface area contributed by atoms with Crippen LogP contribution in [0.2, 0.25) is 0 Å². The minimum absolute atomic E-state index is 0.334. The maximum absolute atomic E-state index is 11.5. The Hall–Kier alpha value is -1.88. The van der Waals surface area contributed by atoms with Crippen molar-refractivity contribution >= 4 is 17.0 Å². The van der Waals surface area contributed by atoms with Gasteiger partial charge in [0.15, 0.2) is 11.5 Å². The molecule has 2 heterocycles. The Bertz CT molecular complexity index is 599. The van der Waals surface area contributed by atoms with E-state index in [-0.39, 0.29) is 5.91 Å². The minimum Gasteiger partial charge on any atom is -0.441 e. The number of aryl methyl sites for hydroxylation is 1. The van der Waals surface area contributed by atoms with Gasteiger partial charge in [-0.2, -0.15) is 0 Å². The third-order valence-electron chi connectivity index (χ3n) is 3.22. The summed E-state index contributed by atoms with van der Waals surface area (Å²) < 4.78 is 10.6. The first kappa shape index (κ1) is 10.3. The number of carbonyl (C=O) groups excluding carboxylic acids is 1. The summed E-state index contributed by atoms with van der Waals surface area (Å²) in [5, 5.41) is 0. The van der Waals surface area contributed by atoms with E-state index in [0.29, 0.717) is 24.7 Å². The van der Waals surface area contributed by atoms with Crippen molar-refractivity contribution in [2.24, 2.45) is 5.73 Å². The quantitative estimate of drug-likeness (QED) is 0.834. The number of amides is 1. The van der Waals surface area contributed by atoms with Crippen LogP contribution in [0.15, 0.2) is 22.6 Å². The highest BCUT2D eigenvalue weighted by Gasteiger charge is 2.46. The lowest BCUT2D eigenvalue weighted by Crippen LogP contribution is -2.56. The number of rotatable bonds is 2. The number of fused-ring (bicyclic) bond motifs is 1. The number of hydrogen-bond donors (Lipinski definition) is 1. The number of benzene rings is 1. The lowest BCUT2D eigenvalue weighted by molar-refractivity contribution is -0.141. The largest absolute Gasteiger partial charge is 0.441 e. The molecule has 5 nitrogen and oxygen atoms in total. The summed E-state index contributed by atoms with van der Waals surface area (Å²) >= 11 is 0. The molecule has 2 aromatic rings. The summed E-state index contributed by atoms with van der Waals surface area (Å²) in [6, 6.07) is 5.52. The van der Waals surface area contributed by atoms with Crippen LogP contribution >= 0.6 is 0 Å². The van der Waals surface area contributed by atoms with Crippen LogP contribution in [-0.4, -0.2) is 24.1 Å². The molecule has 1 aromatic carbocycles. The van der Waals surface area contributed by atoms with Gasteiger partial charge in [-0.3, -0.25) is 4.79 Å². The molecule has 5 heteroatoms. The summed E-state index contributed by atoms with van der Waals surface area (Å²) in [5.74, 6) is 0.245. The van der Waals surface area contributed by atoms with Crippen molar-refractivity contribution < 1.29 is 13.9 Å². The fourth-order valence-corrected chi connectivity index (χ4v) is 2.09. The Morgan fingerprint density at radius 1 is 1.47 bits per heavy atom. The molecule has 0 saturated carbocycles. The molecule has 88 valence electrons. The van der Waals surface area contributed by atoms with E-state index in [0.717, 1.165) is 11.1 Å². The zero-order valence-electron chi connectivity index (χ0n) is 9.40. The fourth-order valence-electron chi connectivity index (χ4n) is 2.09. The Labute approximate surface area is 97.6 Å². The summed E-state index contributed by atoms with van der Waals surface area (Å²) in [6.45, 7) is 2.46. The van der Waals surface area contributed by atoms with E-state index >= 15 is 0 Å². The van der Waals surface area contributed by atoms with Crippen molar-refractivity contribution in [1.82, 2.24) is 4.98 Å². The second-order valence-corrected chi connectivity index (χ2v) is 4.35. The van der Waals surface area contributed by atoms with Crippen LogP contribution in [0.3, 0.4) is 0 Å². The minimum atomic E-state index is -0.700. The van der Waals surface area contributed by atoms with E-state index in [9.17, 15) is 4.79 Å². The molecule has 0 atom stereocenters. The van der Waals surface area contributed by atoms with E-state index in [1.54, 1.807) is 6.92 Å². The molecule has 1 aliphatic heterocycles. The number of primary amides is 1. The van der Waals surface area contributed by atoms with E-state index in [4.69, 9.17) is 14.9 Å². The number of oxazole rings is 1. The smallest absolute Gasteiger partial charge is 0.232 e. The molecule has 1 aliphatic rings. The van der Waals surface area contributed by atoms with Gasteiger partial charge in [0.05, 0.1) is 13.2 Å². The van der Waals surface area contributed by atoms with Gasteiger partial charge in [-0.15, -0.1) is 0 Å². The maximum atomic E-state index is 11.5. The number of hydrogen-bond acceptors (Lipinski definition) is 4. The summed E-state index contributed by atoms with van der Waals surface area (Å²) in [7, 11) is 0. The van der Waals surface area contributed by atoms with Gasteiger partial charge in [0.1, 0.15) is 10.9 Å². The number of carbonyl (C=O) groups is 1. The molecular weight excluding hydrogens is 220 g/mol. The SMILES string of the molecule is Cc1nc2ccc(C3(C(N)=O)COC3)cc2o1. The normalized spacial score (nSPS) is 17.9. The van der Waals surface area contributed by atoms with Gasteiger partial charge in [-0.05, 0) is 17.7 Å². The first-order chi connectivity index (χ1) is 8.12. The van der Waals surface area contributed by atoms with Crippen molar-refractivity contribution in [2.45, 2.75) is 12.3 Å². The topological polar surface area (TPSA) is 78.3 Å². The summed E-state index contributed by atoms with van der Waals surface area (Å²) in [5.41, 5.74) is 7.04. The average Bonchev–Trinajstić information content (AvgIpc) is 2.54. The summed E-state index contributed by atoms with van der Waals surface area (Å²) in [6.07, 6.45) is 0. The monoisotopic (exact) mass is 232 g/mol. The molecule has 1 fully saturated rings. The van der Waals surface area contributed by atoms with Gasteiger partial charge < -0.3 is 14.9 Å². The Morgan fingerprint density at radius 2 is 2.24 bits per heavy atom. The van der Waals surface area contributed by atoms with Gasteiger partial charge in [0.2, 0.25) is 5.91 Å². The van der Waals surface area contributed by atoms with Crippen LogP contribution in [-0.2, 0) is 14.9 Å². The fraction of sp³-hybridized carbons (Fsp3) is 0.333. The average molecular weight is 232 g/mol. The second-order valence-electron chi connectivity index (χ2n) is 4.35. The van der Waals surface area contributed by atoms with Crippen LogP contribution in [0.5, 0.6) is 0 Å². The molecule has 0 aliphatic carbocycles. The summed E-state index contributed by atoms with van der Waals surface area (Å²) in [4.78, 5) is 15.8. The zero-order chi connectivity index (χ0) is 12.0. The predicted molar refractivity (Wildman–Crippen MR) is 60.4 cm³/mol.